The van der Waals surface area contributed by atoms with Gasteiger partial charge in [0.15, 0.2) is 6.40 Å². The Morgan fingerprint density at radius 2 is 0.990 bits per heavy atom. The van der Waals surface area contributed by atoms with E-state index >= 15 is 0 Å². The number of hydrogen-bond acceptors (Lipinski definition) is 24. The molecule has 5 rings (SSSR count). The predicted molar refractivity (Wildman–Crippen MR) is 361 cm³/mol. The van der Waals surface area contributed by atoms with Crippen LogP contribution < -0.4 is 5.32 Å². The maximum atomic E-state index is 14.3. The summed E-state index contributed by atoms with van der Waals surface area (Å²) in [5, 5.41) is 121. The van der Waals surface area contributed by atoms with E-state index in [1.165, 1.54) is 21.1 Å². The van der Waals surface area contributed by atoms with Gasteiger partial charge in [-0.15, -0.1) is 0 Å². The molecule has 4 unspecified atom stereocenters. The molecule has 5 aliphatic rings. The molecular formula is C67H109N9O27. The Balaban J connectivity index is 1.25. The molecule has 1 saturated heterocycles. The van der Waals surface area contributed by atoms with Crippen molar-refractivity contribution in [1.82, 2.24) is 39.6 Å². The zero-order valence-corrected chi connectivity index (χ0v) is 59.2. The first-order chi connectivity index (χ1) is 48.6. The number of carboxylic acid groups (broad SMARTS) is 11. The summed E-state index contributed by atoms with van der Waals surface area (Å²) in [4.78, 5) is 157. The second-order valence-electron chi connectivity index (χ2n) is 28.9. The van der Waals surface area contributed by atoms with Crippen LogP contribution in [0.3, 0.4) is 0 Å². The summed E-state index contributed by atoms with van der Waals surface area (Å²) in [6.07, 6.45) is 6.65. The van der Waals surface area contributed by atoms with E-state index in [4.69, 9.17) is 14.2 Å². The number of unbranched alkanes of at least 4 members (excludes halogenated alkanes) is 2. The van der Waals surface area contributed by atoms with E-state index in [1.807, 2.05) is 0 Å². The number of carboxylic acids is 11. The standard InChI is InChI=1S/C67H109N9O27/c1-42(10-15-54(78)79)46-13-14-47-45-12-11-43-28-44(16-17-66(43,2)48(45)29-53(77)67(46,47)3)103-65(100)76-30-51(101-40-68-18-6-4-8-49(63(96)97)74(24-20-70(32-55(80)81)33-56(82)83)25-21-71(34-57(84)85)35-58(86)87)52(31-76)102-41-69-19-7-5-9-50(64(98)99)75(26-22-72(36-59(88)89)37-60(90)91)27-23-73(38-61(92)93)39-62(94)95/h40,42-53,69,77H,4-39,41H2,1-3H3,(H,78,79)(H,80,81)(H,82,83)(H,84,85)(H,86,87)(H,88,89)(H,90,91)(H,92,93)(H,94,95)(H,96,97)(H,98,99)/t42-,43-,44-,45?,46-,47?,48?,49+,50+,51-,52?,53+,66+,67-/m1/s1. The van der Waals surface area contributed by atoms with Crippen LogP contribution in [-0.4, -0.2) is 348 Å². The normalized spacial score (nSPS) is 25.5. The van der Waals surface area contributed by atoms with E-state index in [1.54, 1.807) is 0 Å². The molecule has 4 aliphatic carbocycles. The minimum Gasteiger partial charge on any atom is -0.481 e. The van der Waals surface area contributed by atoms with Crippen LogP contribution in [0.5, 0.6) is 0 Å². The van der Waals surface area contributed by atoms with Gasteiger partial charge >= 0.3 is 71.8 Å². The number of fused-ring (bicyclic) bond motifs is 5. The van der Waals surface area contributed by atoms with Crippen LogP contribution in [-0.2, 0) is 67.0 Å². The van der Waals surface area contributed by atoms with Gasteiger partial charge in [-0.1, -0.05) is 27.2 Å². The molecule has 1 heterocycles. The van der Waals surface area contributed by atoms with Crippen LogP contribution in [0.1, 0.15) is 124 Å². The number of ether oxygens (including phenoxy) is 3. The van der Waals surface area contributed by atoms with Crippen molar-refractivity contribution >= 4 is 78.2 Å². The van der Waals surface area contributed by atoms with Crippen LogP contribution in [0.2, 0.25) is 0 Å². The monoisotopic (exact) mass is 1470 g/mol. The lowest BCUT2D eigenvalue weighted by Gasteiger charge is -2.62. The molecule has 0 spiro atoms. The Bertz CT molecular complexity index is 2750. The highest BCUT2D eigenvalue weighted by Gasteiger charge is 2.64. The number of likely N-dealkylation sites (tertiary alicyclic amines) is 1. The molecule has 13 N–H and O–H groups in total. The van der Waals surface area contributed by atoms with Gasteiger partial charge in [0.1, 0.15) is 30.4 Å². The highest BCUT2D eigenvalue weighted by atomic mass is 16.6. The third-order valence-corrected chi connectivity index (χ3v) is 22.0. The summed E-state index contributed by atoms with van der Waals surface area (Å²) in [6, 6.07) is -2.51. The van der Waals surface area contributed by atoms with E-state index in [0.717, 1.165) is 51.7 Å². The molecule has 4 saturated carbocycles. The molecule has 0 aromatic rings. The lowest BCUT2D eigenvalue weighted by Crippen LogP contribution is -2.59. The van der Waals surface area contributed by atoms with Crippen molar-refractivity contribution in [2.24, 2.45) is 51.3 Å². The molecule has 1 amide bonds. The van der Waals surface area contributed by atoms with Crippen LogP contribution >= 0.6 is 0 Å². The third kappa shape index (κ3) is 27.5. The Morgan fingerprint density at radius 3 is 1.44 bits per heavy atom. The first kappa shape index (κ1) is 86.2. The molecule has 5 fully saturated rings. The topological polar surface area (TPSA) is 522 Å². The fourth-order valence-electron chi connectivity index (χ4n) is 17.0. The summed E-state index contributed by atoms with van der Waals surface area (Å²) in [7, 11) is 0. The molecule has 36 nitrogen and oxygen atoms in total. The Kier molecular flexibility index (Phi) is 35.1. The average molecular weight is 1470 g/mol. The zero-order chi connectivity index (χ0) is 76.3. The highest BCUT2D eigenvalue weighted by Crippen LogP contribution is 2.68. The summed E-state index contributed by atoms with van der Waals surface area (Å²) in [5.41, 5.74) is -0.400. The average Bonchev–Trinajstić information content (AvgIpc) is 1.66. The van der Waals surface area contributed by atoms with Crippen molar-refractivity contribution in [3.8, 4) is 0 Å². The zero-order valence-electron chi connectivity index (χ0n) is 59.2. The molecular weight excluding hydrogens is 1360 g/mol. The molecule has 14 atom stereocenters. The van der Waals surface area contributed by atoms with E-state index < -0.39 is 161 Å². The smallest absolute Gasteiger partial charge is 0.410 e. The highest BCUT2D eigenvalue weighted by molar-refractivity contribution is 5.76. The second-order valence-corrected chi connectivity index (χ2v) is 28.9. The van der Waals surface area contributed by atoms with E-state index in [2.05, 4.69) is 31.1 Å². The maximum Gasteiger partial charge on any atom is 0.410 e. The number of aliphatic hydroxyl groups excluding tert-OH is 1. The first-order valence-corrected chi connectivity index (χ1v) is 35.5. The summed E-state index contributed by atoms with van der Waals surface area (Å²) in [5.74, 6) is -12.4. The van der Waals surface area contributed by atoms with Crippen molar-refractivity contribution in [2.75, 3.05) is 138 Å². The number of carbonyl (C=O) groups excluding carboxylic acids is 1. The van der Waals surface area contributed by atoms with Crippen molar-refractivity contribution < 1.29 is 133 Å². The molecule has 584 valence electrons. The Labute approximate surface area is 597 Å². The Hall–Kier alpha value is -7.45. The SMILES string of the molecule is C[C@H](CCC(=O)O)[C@H]1CCC2C3CC[C@@H]4C[C@H](OC(=O)N5CC(OCNCCCC[C@@H](C(=O)O)N(CCN(CC(=O)O)CC(=O)O)CCN(CC(=O)O)CC(=O)O)[C@H](OC=NCCCC[C@@H](C(=O)O)N(CCN(CC(=O)O)CC(=O)O)CCN(CC(=O)O)CC(=O)O)C5)CC[C@]4(C)C3C[C@H](O)[C@@]21C. The van der Waals surface area contributed by atoms with E-state index in [0.29, 0.717) is 50.4 Å². The summed E-state index contributed by atoms with van der Waals surface area (Å²) in [6.45, 7) is 0.0787. The fourth-order valence-corrected chi connectivity index (χ4v) is 17.0. The largest absolute Gasteiger partial charge is 0.481 e. The summed E-state index contributed by atoms with van der Waals surface area (Å²) < 4.78 is 18.7. The van der Waals surface area contributed by atoms with Crippen LogP contribution in [0, 0.1) is 46.3 Å². The number of aliphatic hydroxyl groups is 1. The lowest BCUT2D eigenvalue weighted by molar-refractivity contribution is -0.175. The number of amides is 1. The van der Waals surface area contributed by atoms with Crippen molar-refractivity contribution in [1.29, 1.82) is 0 Å². The number of hydrogen-bond donors (Lipinski definition) is 13. The molecule has 0 aromatic heterocycles. The molecule has 1 aliphatic heterocycles. The van der Waals surface area contributed by atoms with E-state index in [9.17, 15) is 119 Å². The maximum absolute atomic E-state index is 14.3. The minimum atomic E-state index is -1.34. The van der Waals surface area contributed by atoms with Gasteiger partial charge in [-0.25, -0.2) is 4.79 Å². The number of nitrogens with zero attached hydrogens (tertiary/aromatic N) is 8. The molecule has 0 radical (unpaired) electrons. The van der Waals surface area contributed by atoms with Gasteiger partial charge in [-0.05, 0) is 143 Å². The second kappa shape index (κ2) is 41.9. The van der Waals surface area contributed by atoms with Crippen LogP contribution in [0.4, 0.5) is 4.79 Å². The number of aliphatic carboxylic acids is 11. The van der Waals surface area contributed by atoms with Gasteiger partial charge < -0.3 is 80.4 Å². The number of carbonyl (C=O) groups is 12. The van der Waals surface area contributed by atoms with E-state index in [-0.39, 0.29) is 152 Å². The van der Waals surface area contributed by atoms with Gasteiger partial charge in [0, 0.05) is 65.3 Å². The van der Waals surface area contributed by atoms with Crippen molar-refractivity contribution in [2.45, 2.75) is 160 Å². The van der Waals surface area contributed by atoms with Gasteiger partial charge in [-0.2, -0.15) is 0 Å². The summed E-state index contributed by atoms with van der Waals surface area (Å²) >= 11 is 0. The number of rotatable bonds is 52. The molecule has 36 heteroatoms. The number of aliphatic imine (C=N–C) groups is 1. The van der Waals surface area contributed by atoms with Crippen molar-refractivity contribution in [3.05, 3.63) is 0 Å². The third-order valence-electron chi connectivity index (χ3n) is 22.0. The number of nitrogens with one attached hydrogen (secondary N) is 1. The van der Waals surface area contributed by atoms with Crippen LogP contribution in [0.15, 0.2) is 4.99 Å². The van der Waals surface area contributed by atoms with Gasteiger partial charge in [-0.3, -0.25) is 92.4 Å². The predicted octanol–water partition coefficient (Wildman–Crippen LogP) is 1.02. The minimum absolute atomic E-state index is 0.0111. The fraction of sp³-hybridized carbons (Fsp3) is 0.806. The van der Waals surface area contributed by atoms with Crippen molar-refractivity contribution in [3.63, 3.8) is 0 Å². The first-order valence-electron chi connectivity index (χ1n) is 35.5. The van der Waals surface area contributed by atoms with Gasteiger partial charge in [0.25, 0.3) is 0 Å². The molecule has 103 heavy (non-hydrogen) atoms. The van der Waals surface area contributed by atoms with Gasteiger partial charge in [0.05, 0.1) is 78.3 Å². The quantitative estimate of drug-likeness (QED) is 0.0175. The molecule has 0 aromatic carbocycles. The lowest BCUT2D eigenvalue weighted by atomic mass is 9.43. The Morgan fingerprint density at radius 1 is 0.534 bits per heavy atom. The van der Waals surface area contributed by atoms with Crippen LogP contribution in [0.25, 0.3) is 0 Å². The molecule has 0 bridgehead atoms. The van der Waals surface area contributed by atoms with Gasteiger partial charge in [0.2, 0.25) is 0 Å².